The van der Waals surface area contributed by atoms with Crippen LogP contribution in [0, 0.1) is 13.8 Å². The van der Waals surface area contributed by atoms with Crippen LogP contribution in [0.4, 0.5) is 0 Å². The molecule has 0 aliphatic heterocycles. The Hall–Kier alpha value is -4.78. The molecule has 46 heavy (non-hydrogen) atoms. The molecule has 4 aromatic rings. The summed E-state index contributed by atoms with van der Waals surface area (Å²) < 4.78 is 118. The molecule has 0 spiro atoms. The van der Waals surface area contributed by atoms with Crippen molar-refractivity contribution >= 4 is 52.9 Å². The normalized spacial score (nSPS) is 12.7. The van der Waals surface area contributed by atoms with Gasteiger partial charge in [-0.25, -0.2) is 0 Å². The Morgan fingerprint density at radius 1 is 0.413 bits per heavy atom. The maximum atomic E-state index is 12.4. The van der Waals surface area contributed by atoms with Crippen molar-refractivity contribution in [3.63, 3.8) is 0 Å². The summed E-state index contributed by atoms with van der Waals surface area (Å²) in [5.74, 6) is -0.300. The van der Waals surface area contributed by atoms with Crippen molar-refractivity contribution in [1.29, 1.82) is 0 Å². The summed E-state index contributed by atoms with van der Waals surface area (Å²) >= 11 is 0. The zero-order valence-electron chi connectivity index (χ0n) is 23.8. The molecule has 18 heteroatoms. The zero-order chi connectivity index (χ0) is 33.6. The van der Waals surface area contributed by atoms with Crippen LogP contribution < -0.4 is 8.37 Å². The van der Waals surface area contributed by atoms with Crippen LogP contribution in [0.1, 0.15) is 11.1 Å². The van der Waals surface area contributed by atoms with E-state index in [-0.39, 0.29) is 31.1 Å². The van der Waals surface area contributed by atoms with E-state index in [1.165, 1.54) is 24.3 Å². The van der Waals surface area contributed by atoms with Crippen molar-refractivity contribution in [3.8, 4) is 11.5 Å². The lowest BCUT2D eigenvalue weighted by atomic mass is 10.2. The number of nitrogens with zero attached hydrogens (tertiary/aromatic N) is 2. The lowest BCUT2D eigenvalue weighted by Gasteiger charge is -2.08. The van der Waals surface area contributed by atoms with E-state index < -0.39 is 40.5 Å². The monoisotopic (exact) mass is 708 g/mol. The zero-order valence-corrected chi connectivity index (χ0v) is 27.1. The van der Waals surface area contributed by atoms with Gasteiger partial charge in [0.1, 0.15) is 31.1 Å². The summed E-state index contributed by atoms with van der Waals surface area (Å²) in [7, 11) is -17.2. The van der Waals surface area contributed by atoms with Crippen LogP contribution >= 0.6 is 0 Å². The van der Waals surface area contributed by atoms with Crippen molar-refractivity contribution in [1.82, 2.24) is 0 Å². The Kier molecular flexibility index (Phi) is 10.1. The van der Waals surface area contributed by atoms with Gasteiger partial charge in [-0.15, -0.1) is 0 Å². The predicted octanol–water partition coefficient (Wildman–Crippen LogP) is 3.92. The number of hydrogen-bond acceptors (Lipinski definition) is 14. The molecular formula is C28H24N2O12S4. The molecule has 0 saturated heterocycles. The highest BCUT2D eigenvalue weighted by molar-refractivity contribution is 7.87. The van der Waals surface area contributed by atoms with Gasteiger partial charge in [-0.3, -0.25) is 8.57 Å². The summed E-state index contributed by atoms with van der Waals surface area (Å²) in [5, 5.41) is 6.36. The van der Waals surface area contributed by atoms with Crippen LogP contribution in [0.25, 0.3) is 0 Å². The lowest BCUT2D eigenvalue weighted by molar-refractivity contribution is 0.337. The van der Waals surface area contributed by atoms with Crippen molar-refractivity contribution < 1.29 is 50.6 Å². The first-order valence-corrected chi connectivity index (χ1v) is 18.4. The third-order valence-corrected chi connectivity index (χ3v) is 10.5. The predicted molar refractivity (Wildman–Crippen MR) is 164 cm³/mol. The summed E-state index contributed by atoms with van der Waals surface area (Å²) in [4.78, 5) is -0.944. The Morgan fingerprint density at radius 2 is 0.674 bits per heavy atom. The quantitative estimate of drug-likeness (QED) is 0.110. The Bertz CT molecular complexity index is 2020. The highest BCUT2D eigenvalue weighted by Crippen LogP contribution is 2.23. The minimum atomic E-state index is -4.45. The maximum Gasteiger partial charge on any atom is 0.358 e. The molecule has 4 rings (SSSR count). The number of aryl methyl sites for hydroxylation is 2. The SMILES string of the molecule is Cc1ccc(S(=O)(=O)Oc2ccc(S(=O)(=O)O/N=C/C=N/OS(=O)(=O)c3ccc(OS(=O)(=O)c4ccc(C)cc4)cc3)cc2)cc1. The smallest absolute Gasteiger partial charge is 0.358 e. The van der Waals surface area contributed by atoms with Crippen LogP contribution in [0.3, 0.4) is 0 Å². The number of benzene rings is 4. The average Bonchev–Trinajstić information content (AvgIpc) is 2.99. The van der Waals surface area contributed by atoms with Crippen LogP contribution in [0.5, 0.6) is 11.5 Å². The molecule has 0 aliphatic rings. The van der Waals surface area contributed by atoms with E-state index in [9.17, 15) is 33.7 Å². The highest BCUT2D eigenvalue weighted by atomic mass is 32.2. The first kappa shape index (κ1) is 34.1. The molecule has 0 heterocycles. The van der Waals surface area contributed by atoms with E-state index >= 15 is 0 Å². The largest absolute Gasteiger partial charge is 0.379 e. The molecule has 14 nitrogen and oxygen atoms in total. The summed E-state index contributed by atoms with van der Waals surface area (Å²) in [6.45, 7) is 3.58. The molecule has 242 valence electrons. The van der Waals surface area contributed by atoms with Gasteiger partial charge < -0.3 is 8.37 Å². The van der Waals surface area contributed by atoms with E-state index in [4.69, 9.17) is 8.37 Å². The van der Waals surface area contributed by atoms with E-state index in [2.05, 4.69) is 18.9 Å². The summed E-state index contributed by atoms with van der Waals surface area (Å²) in [6, 6.07) is 20.4. The maximum absolute atomic E-state index is 12.4. The van der Waals surface area contributed by atoms with Crippen LogP contribution in [0.2, 0.25) is 0 Å². The molecule has 0 fully saturated rings. The van der Waals surface area contributed by atoms with Crippen molar-refractivity contribution in [3.05, 3.63) is 108 Å². The van der Waals surface area contributed by atoms with Gasteiger partial charge in [-0.05, 0) is 86.6 Å². The number of oxime groups is 2. The van der Waals surface area contributed by atoms with E-state index in [1.54, 1.807) is 38.1 Å². The van der Waals surface area contributed by atoms with Crippen molar-refractivity contribution in [2.45, 2.75) is 33.4 Å². The van der Waals surface area contributed by atoms with E-state index in [0.717, 1.165) is 59.7 Å². The van der Waals surface area contributed by atoms with Crippen molar-refractivity contribution in [2.24, 2.45) is 10.3 Å². The molecular weight excluding hydrogens is 685 g/mol. The summed E-state index contributed by atoms with van der Waals surface area (Å²) in [6.07, 6.45) is 1.37. The van der Waals surface area contributed by atoms with E-state index in [0.29, 0.717) is 12.4 Å². The first-order chi connectivity index (χ1) is 21.6. The van der Waals surface area contributed by atoms with Gasteiger partial charge in [0.2, 0.25) is 0 Å². The van der Waals surface area contributed by atoms with Gasteiger partial charge in [0.15, 0.2) is 0 Å². The second-order valence-electron chi connectivity index (χ2n) is 9.21. The Morgan fingerprint density at radius 3 is 0.978 bits per heavy atom. The molecule has 0 aliphatic carbocycles. The molecule has 4 aromatic carbocycles. The van der Waals surface area contributed by atoms with Gasteiger partial charge >= 0.3 is 40.5 Å². The van der Waals surface area contributed by atoms with Gasteiger partial charge in [-0.1, -0.05) is 45.7 Å². The number of hydrogen-bond donors (Lipinski definition) is 0. The average molecular weight is 709 g/mol. The number of rotatable bonds is 13. The second kappa shape index (κ2) is 13.7. The molecule has 0 amide bonds. The van der Waals surface area contributed by atoms with Crippen LogP contribution in [0.15, 0.2) is 127 Å². The Balaban J connectivity index is 1.30. The highest BCUT2D eigenvalue weighted by Gasteiger charge is 2.21. The summed E-state index contributed by atoms with van der Waals surface area (Å²) in [5.41, 5.74) is 1.70. The second-order valence-corrected chi connectivity index (χ2v) is 15.4. The topological polar surface area (TPSA) is 198 Å². The van der Waals surface area contributed by atoms with Crippen molar-refractivity contribution in [2.75, 3.05) is 0 Å². The third kappa shape index (κ3) is 8.90. The molecule has 0 aromatic heterocycles. The minimum absolute atomic E-state index is 0.0828. The van der Waals surface area contributed by atoms with Gasteiger partial charge in [0.05, 0.1) is 12.4 Å². The van der Waals surface area contributed by atoms with Crippen LogP contribution in [-0.2, 0) is 49.0 Å². The fourth-order valence-corrected chi connectivity index (χ4v) is 6.68. The van der Waals surface area contributed by atoms with Gasteiger partial charge in [-0.2, -0.15) is 33.7 Å². The first-order valence-electron chi connectivity index (χ1n) is 12.7. The molecule has 0 atom stereocenters. The molecule has 0 N–H and O–H groups in total. The molecule has 0 radical (unpaired) electrons. The minimum Gasteiger partial charge on any atom is -0.379 e. The van der Waals surface area contributed by atoms with E-state index in [1.807, 2.05) is 0 Å². The third-order valence-electron chi connectivity index (χ3n) is 5.73. The molecule has 0 unspecified atom stereocenters. The van der Waals surface area contributed by atoms with Crippen LogP contribution in [-0.4, -0.2) is 46.1 Å². The van der Waals surface area contributed by atoms with Gasteiger partial charge in [0.25, 0.3) is 0 Å². The standard InChI is InChI=1S/C28H24N2O12S4/c1-21-3-11-25(12-4-21)43(31,32)39-23-7-15-27(16-8-23)45(35,36)41-29-19-20-30-42-46(37,38)28-17-9-24(10-18-28)40-44(33,34)26-13-5-22(2)6-14-26/h3-20H,1-2H3/b29-19+,30-20+. The fraction of sp³-hybridized carbons (Fsp3) is 0.0714. The lowest BCUT2D eigenvalue weighted by Crippen LogP contribution is -2.10. The molecule has 0 bridgehead atoms. The van der Waals surface area contributed by atoms with Gasteiger partial charge in [0, 0.05) is 0 Å². The molecule has 0 saturated carbocycles. The fourth-order valence-electron chi connectivity index (χ4n) is 3.39. The Labute approximate surface area is 266 Å².